The summed E-state index contributed by atoms with van der Waals surface area (Å²) in [6, 6.07) is 5.18. The average molecular weight is 289 g/mol. The number of nitrogens with one attached hydrogen (secondary N) is 1. The average Bonchev–Trinajstić information content (AvgIpc) is 2.30. The third kappa shape index (κ3) is 5.16. The molecule has 1 amide bonds. The van der Waals surface area contributed by atoms with Gasteiger partial charge in [0.2, 0.25) is 5.91 Å². The Balaban J connectivity index is 2.72. The zero-order valence-electron chi connectivity index (χ0n) is 10.2. The molecule has 100 valence electrons. The molecule has 1 rings (SSSR count). The van der Waals surface area contributed by atoms with Crippen LogP contribution in [0.2, 0.25) is 5.02 Å². The van der Waals surface area contributed by atoms with E-state index in [4.69, 9.17) is 17.3 Å². The predicted octanol–water partition coefficient (Wildman–Crippen LogP) is 1.90. The first-order valence-corrected chi connectivity index (χ1v) is 7.72. The molecule has 0 heterocycles. The highest BCUT2D eigenvalue weighted by atomic mass is 35.5. The van der Waals surface area contributed by atoms with Gasteiger partial charge in [0.05, 0.1) is 0 Å². The summed E-state index contributed by atoms with van der Waals surface area (Å²) < 4.78 is 11.2. The fourth-order valence-corrected chi connectivity index (χ4v) is 2.41. The van der Waals surface area contributed by atoms with Crippen molar-refractivity contribution in [2.75, 3.05) is 18.1 Å². The molecular formula is C12H17ClN2O2S. The smallest absolute Gasteiger partial charge is 0.224 e. The van der Waals surface area contributed by atoms with Gasteiger partial charge in [-0.25, -0.2) is 0 Å². The van der Waals surface area contributed by atoms with Gasteiger partial charge in [-0.15, -0.1) is 0 Å². The number of hydrogen-bond donors (Lipinski definition) is 2. The number of benzene rings is 1. The molecule has 1 atom stereocenters. The van der Waals surface area contributed by atoms with Gasteiger partial charge in [-0.05, 0) is 36.7 Å². The quantitative estimate of drug-likeness (QED) is 0.840. The van der Waals surface area contributed by atoms with Crippen LogP contribution in [0.5, 0.6) is 0 Å². The number of rotatable bonds is 6. The van der Waals surface area contributed by atoms with E-state index in [0.717, 1.165) is 5.56 Å². The Morgan fingerprint density at radius 1 is 1.50 bits per heavy atom. The maximum Gasteiger partial charge on any atom is 0.224 e. The van der Waals surface area contributed by atoms with Gasteiger partial charge in [0.25, 0.3) is 0 Å². The van der Waals surface area contributed by atoms with Crippen LogP contribution in [0.15, 0.2) is 18.2 Å². The lowest BCUT2D eigenvalue weighted by Crippen LogP contribution is -2.13. The molecular weight excluding hydrogens is 272 g/mol. The monoisotopic (exact) mass is 288 g/mol. The topological polar surface area (TPSA) is 72.2 Å². The molecule has 0 saturated carbocycles. The summed E-state index contributed by atoms with van der Waals surface area (Å²) in [5.74, 6) is 0.303. The second-order valence-electron chi connectivity index (χ2n) is 3.96. The first kappa shape index (κ1) is 15.1. The number of carbonyl (C=O) groups is 1. The van der Waals surface area contributed by atoms with Crippen LogP contribution in [0, 0.1) is 0 Å². The molecule has 3 N–H and O–H groups in total. The van der Waals surface area contributed by atoms with E-state index in [1.807, 2.05) is 0 Å². The third-order valence-electron chi connectivity index (χ3n) is 2.30. The summed E-state index contributed by atoms with van der Waals surface area (Å²) in [5.41, 5.74) is 6.78. The van der Waals surface area contributed by atoms with Crippen LogP contribution in [-0.2, 0) is 21.3 Å². The zero-order chi connectivity index (χ0) is 13.5. The Bertz CT molecular complexity index is 452. The van der Waals surface area contributed by atoms with E-state index in [0.29, 0.717) is 35.8 Å². The Labute approximate surface area is 114 Å². The van der Waals surface area contributed by atoms with Crippen LogP contribution in [-0.4, -0.2) is 22.9 Å². The SMILES string of the molecule is CS(=O)Cc1cc(NC(=O)CCCN)ccc1Cl. The first-order valence-electron chi connectivity index (χ1n) is 5.61. The van der Waals surface area contributed by atoms with Gasteiger partial charge in [0, 0.05) is 39.9 Å². The second-order valence-corrected chi connectivity index (χ2v) is 5.81. The Morgan fingerprint density at radius 3 is 2.83 bits per heavy atom. The highest BCUT2D eigenvalue weighted by Gasteiger charge is 2.06. The molecule has 0 aliphatic heterocycles. The standard InChI is InChI=1S/C12H17ClN2O2S/c1-18(17)8-9-7-10(4-5-11(9)13)15-12(16)3-2-6-14/h4-5,7H,2-3,6,8,14H2,1H3,(H,15,16). The van der Waals surface area contributed by atoms with Crippen molar-refractivity contribution in [3.63, 3.8) is 0 Å². The number of hydrogen-bond acceptors (Lipinski definition) is 3. The minimum Gasteiger partial charge on any atom is -0.330 e. The van der Waals surface area contributed by atoms with Crippen LogP contribution in [0.3, 0.4) is 0 Å². The van der Waals surface area contributed by atoms with Crippen molar-refractivity contribution < 1.29 is 9.00 Å². The maximum atomic E-state index is 11.5. The highest BCUT2D eigenvalue weighted by molar-refractivity contribution is 7.83. The lowest BCUT2D eigenvalue weighted by Gasteiger charge is -2.08. The normalized spacial score (nSPS) is 12.2. The third-order valence-corrected chi connectivity index (χ3v) is 3.38. The van der Waals surface area contributed by atoms with Crippen molar-refractivity contribution in [1.82, 2.24) is 0 Å². The number of halogens is 1. The number of nitrogens with two attached hydrogens (primary N) is 1. The largest absolute Gasteiger partial charge is 0.330 e. The van der Waals surface area contributed by atoms with Gasteiger partial charge in [-0.2, -0.15) is 0 Å². The van der Waals surface area contributed by atoms with E-state index in [-0.39, 0.29) is 5.91 Å². The van der Waals surface area contributed by atoms with Gasteiger partial charge < -0.3 is 11.1 Å². The molecule has 0 aromatic heterocycles. The lowest BCUT2D eigenvalue weighted by molar-refractivity contribution is -0.116. The molecule has 1 aromatic rings. The molecule has 0 aliphatic carbocycles. The fraction of sp³-hybridized carbons (Fsp3) is 0.417. The van der Waals surface area contributed by atoms with Crippen LogP contribution >= 0.6 is 11.6 Å². The van der Waals surface area contributed by atoms with E-state index < -0.39 is 10.8 Å². The molecule has 0 spiro atoms. The molecule has 1 unspecified atom stereocenters. The van der Waals surface area contributed by atoms with E-state index in [9.17, 15) is 9.00 Å². The Kier molecular flexibility index (Phi) is 6.32. The fourth-order valence-electron chi connectivity index (χ4n) is 1.47. The van der Waals surface area contributed by atoms with Crippen molar-refractivity contribution in [3.8, 4) is 0 Å². The number of carbonyl (C=O) groups excluding carboxylic acids is 1. The Hall–Kier alpha value is -0.910. The van der Waals surface area contributed by atoms with Crippen LogP contribution < -0.4 is 11.1 Å². The molecule has 0 aliphatic rings. The molecule has 0 fully saturated rings. The number of anilines is 1. The van der Waals surface area contributed by atoms with Gasteiger partial charge in [0.15, 0.2) is 0 Å². The van der Waals surface area contributed by atoms with E-state index in [1.165, 1.54) is 0 Å². The molecule has 0 bridgehead atoms. The highest BCUT2D eigenvalue weighted by Crippen LogP contribution is 2.22. The summed E-state index contributed by atoms with van der Waals surface area (Å²) in [7, 11) is -0.966. The molecule has 4 nitrogen and oxygen atoms in total. The predicted molar refractivity (Wildman–Crippen MR) is 76.1 cm³/mol. The van der Waals surface area contributed by atoms with E-state index in [1.54, 1.807) is 24.5 Å². The first-order chi connectivity index (χ1) is 8.52. The van der Waals surface area contributed by atoms with Gasteiger partial charge >= 0.3 is 0 Å². The molecule has 0 radical (unpaired) electrons. The molecule has 1 aromatic carbocycles. The number of amides is 1. The van der Waals surface area contributed by atoms with Gasteiger partial charge in [-0.3, -0.25) is 9.00 Å². The van der Waals surface area contributed by atoms with Gasteiger partial charge in [0.1, 0.15) is 0 Å². The molecule has 0 saturated heterocycles. The summed E-state index contributed by atoms with van der Waals surface area (Å²) in [6.45, 7) is 0.494. The van der Waals surface area contributed by atoms with Crippen molar-refractivity contribution in [3.05, 3.63) is 28.8 Å². The van der Waals surface area contributed by atoms with Crippen LogP contribution in [0.1, 0.15) is 18.4 Å². The van der Waals surface area contributed by atoms with Crippen molar-refractivity contribution in [2.45, 2.75) is 18.6 Å². The minimum absolute atomic E-state index is 0.0775. The minimum atomic E-state index is -0.966. The van der Waals surface area contributed by atoms with Crippen LogP contribution in [0.25, 0.3) is 0 Å². The van der Waals surface area contributed by atoms with Crippen molar-refractivity contribution in [2.24, 2.45) is 5.73 Å². The summed E-state index contributed by atoms with van der Waals surface area (Å²) >= 11 is 6.00. The zero-order valence-corrected chi connectivity index (χ0v) is 11.8. The second kappa shape index (κ2) is 7.51. The van der Waals surface area contributed by atoms with Gasteiger partial charge in [-0.1, -0.05) is 11.6 Å². The summed E-state index contributed by atoms with van der Waals surface area (Å²) in [5, 5.41) is 3.33. The van der Waals surface area contributed by atoms with Crippen molar-refractivity contribution in [1.29, 1.82) is 0 Å². The summed E-state index contributed by atoms with van der Waals surface area (Å²) in [4.78, 5) is 11.5. The van der Waals surface area contributed by atoms with Crippen LogP contribution in [0.4, 0.5) is 5.69 Å². The van der Waals surface area contributed by atoms with E-state index in [2.05, 4.69) is 5.32 Å². The molecule has 18 heavy (non-hydrogen) atoms. The molecule has 6 heteroatoms. The Morgan fingerprint density at radius 2 is 2.22 bits per heavy atom. The maximum absolute atomic E-state index is 11.5. The van der Waals surface area contributed by atoms with Crippen molar-refractivity contribution >= 4 is 34.0 Å². The van der Waals surface area contributed by atoms with E-state index >= 15 is 0 Å². The lowest BCUT2D eigenvalue weighted by atomic mass is 10.2. The summed E-state index contributed by atoms with van der Waals surface area (Å²) in [6.07, 6.45) is 2.67.